The Morgan fingerprint density at radius 2 is 1.65 bits per heavy atom. The number of hydrogen-bond acceptors (Lipinski definition) is 4. The predicted molar refractivity (Wildman–Crippen MR) is 112 cm³/mol. The third-order valence-corrected chi connectivity index (χ3v) is 5.63. The zero-order valence-corrected chi connectivity index (χ0v) is 19.1. The van der Waals surface area contributed by atoms with Gasteiger partial charge in [0.15, 0.2) is 0 Å². The summed E-state index contributed by atoms with van der Waals surface area (Å²) in [6.07, 6.45) is -15.4. The molecule has 1 aromatic carbocycles. The molecule has 1 amide bonds. The molecule has 188 valence electrons. The molecular formula is C21H23ClF6N4O2. The first-order valence-corrected chi connectivity index (χ1v) is 10.8. The second kappa shape index (κ2) is 10.0. The number of hydrogen-bond donors (Lipinski definition) is 0. The zero-order chi connectivity index (χ0) is 25.3. The van der Waals surface area contributed by atoms with E-state index in [1.54, 1.807) is 16.8 Å². The molecule has 0 radical (unpaired) electrons. The molecule has 1 aromatic heterocycles. The highest BCUT2D eigenvalue weighted by molar-refractivity contribution is 6.33. The number of carbonyl (C=O) groups excluding carboxylic acids is 1. The zero-order valence-electron chi connectivity index (χ0n) is 18.3. The van der Waals surface area contributed by atoms with Crippen molar-refractivity contribution in [2.45, 2.75) is 44.9 Å². The van der Waals surface area contributed by atoms with Crippen LogP contribution in [-0.4, -0.2) is 70.3 Å². The Balaban J connectivity index is 1.68. The minimum Gasteiger partial charge on any atom is -0.426 e. The maximum atomic E-state index is 12.7. The molecule has 1 aliphatic heterocycles. The fraction of sp³-hybridized carbons (Fsp3) is 0.524. The van der Waals surface area contributed by atoms with Gasteiger partial charge in [-0.2, -0.15) is 31.4 Å². The molecule has 3 rings (SSSR count). The number of alkyl halides is 6. The van der Waals surface area contributed by atoms with Gasteiger partial charge in [0.25, 0.3) is 6.10 Å². The average molecular weight is 513 g/mol. The molecule has 1 fully saturated rings. The molecule has 0 saturated carbocycles. The van der Waals surface area contributed by atoms with Gasteiger partial charge in [0, 0.05) is 56.1 Å². The average Bonchev–Trinajstić information content (AvgIpc) is 3.15. The number of aromatic nitrogens is 2. The third-order valence-electron chi connectivity index (χ3n) is 5.30. The van der Waals surface area contributed by atoms with Gasteiger partial charge in [-0.15, -0.1) is 0 Å². The number of carbonyl (C=O) groups is 1. The van der Waals surface area contributed by atoms with Crippen molar-refractivity contribution < 1.29 is 35.9 Å². The molecule has 0 bridgehead atoms. The number of nitrogens with zero attached hydrogens (tertiary/aromatic N) is 4. The number of benzene rings is 1. The van der Waals surface area contributed by atoms with Crippen LogP contribution in [0.15, 0.2) is 30.5 Å². The van der Waals surface area contributed by atoms with E-state index in [1.807, 2.05) is 37.1 Å². The molecule has 0 unspecified atom stereocenters. The summed E-state index contributed by atoms with van der Waals surface area (Å²) in [6.45, 7) is 4.63. The van der Waals surface area contributed by atoms with E-state index in [1.165, 1.54) is 0 Å². The summed E-state index contributed by atoms with van der Waals surface area (Å²) in [6, 6.07) is 7.29. The lowest BCUT2D eigenvalue weighted by Crippen LogP contribution is -2.52. The van der Waals surface area contributed by atoms with Crippen LogP contribution in [0.2, 0.25) is 5.02 Å². The maximum Gasteiger partial charge on any atom is 0.434 e. The molecule has 6 nitrogen and oxygen atoms in total. The Kier molecular flexibility index (Phi) is 7.71. The minimum absolute atomic E-state index is 0.0804. The molecule has 1 saturated heterocycles. The standard InChI is InChI=1S/C21H23ClF6N4O2/c1-13(2)32-12-14(17(29-32)15-5-3-4-6-16(15)22)11-30-7-9-31(10-8-30)19(33)34-18(20(23,24)25)21(26,27)28/h3-6,12-13,18H,7-11H2,1-2H3. The van der Waals surface area contributed by atoms with Crippen molar-refractivity contribution in [3.63, 3.8) is 0 Å². The van der Waals surface area contributed by atoms with Crippen molar-refractivity contribution in [2.75, 3.05) is 26.2 Å². The maximum absolute atomic E-state index is 12.7. The number of halogens is 7. The molecular weight excluding hydrogens is 490 g/mol. The number of amides is 1. The van der Waals surface area contributed by atoms with E-state index in [2.05, 4.69) is 9.84 Å². The quantitative estimate of drug-likeness (QED) is 0.494. The molecule has 2 heterocycles. The molecule has 0 aliphatic carbocycles. The monoisotopic (exact) mass is 512 g/mol. The van der Waals surface area contributed by atoms with Crippen LogP contribution in [0.25, 0.3) is 11.3 Å². The lowest BCUT2D eigenvalue weighted by atomic mass is 10.1. The van der Waals surface area contributed by atoms with Crippen molar-refractivity contribution in [1.29, 1.82) is 0 Å². The van der Waals surface area contributed by atoms with Gasteiger partial charge >= 0.3 is 18.4 Å². The normalized spacial score (nSPS) is 15.9. The summed E-state index contributed by atoms with van der Waals surface area (Å²) in [7, 11) is 0. The summed E-state index contributed by atoms with van der Waals surface area (Å²) < 4.78 is 81.6. The highest BCUT2D eigenvalue weighted by atomic mass is 35.5. The second-order valence-corrected chi connectivity index (χ2v) is 8.57. The fourth-order valence-corrected chi connectivity index (χ4v) is 3.74. The fourth-order valence-electron chi connectivity index (χ4n) is 3.51. The first-order chi connectivity index (χ1) is 15.8. The second-order valence-electron chi connectivity index (χ2n) is 8.17. The van der Waals surface area contributed by atoms with E-state index < -0.39 is 24.5 Å². The predicted octanol–water partition coefficient (Wildman–Crippen LogP) is 5.53. The number of ether oxygens (including phenoxy) is 1. The molecule has 0 spiro atoms. The van der Waals surface area contributed by atoms with Gasteiger partial charge in [0.1, 0.15) is 0 Å². The SMILES string of the molecule is CC(C)n1cc(CN2CCN(C(=O)OC(C(F)(F)F)C(F)(F)F)CC2)c(-c2ccccc2Cl)n1. The summed E-state index contributed by atoms with van der Waals surface area (Å²) in [5.41, 5.74) is 2.28. The minimum atomic E-state index is -5.75. The lowest BCUT2D eigenvalue weighted by molar-refractivity contribution is -0.308. The highest BCUT2D eigenvalue weighted by Crippen LogP contribution is 2.36. The van der Waals surface area contributed by atoms with Gasteiger partial charge in [-0.3, -0.25) is 9.58 Å². The topological polar surface area (TPSA) is 50.6 Å². The number of rotatable bonds is 5. The molecule has 1 aliphatic rings. The van der Waals surface area contributed by atoms with Crippen LogP contribution in [0.3, 0.4) is 0 Å². The van der Waals surface area contributed by atoms with E-state index in [-0.39, 0.29) is 32.2 Å². The van der Waals surface area contributed by atoms with Crippen molar-refractivity contribution in [3.8, 4) is 11.3 Å². The van der Waals surface area contributed by atoms with E-state index in [0.29, 0.717) is 17.3 Å². The first kappa shape index (κ1) is 26.1. The van der Waals surface area contributed by atoms with Gasteiger partial charge in [0.2, 0.25) is 0 Å². The van der Waals surface area contributed by atoms with Crippen molar-refractivity contribution in [3.05, 3.63) is 41.0 Å². The van der Waals surface area contributed by atoms with Crippen LogP contribution < -0.4 is 0 Å². The van der Waals surface area contributed by atoms with Crippen molar-refractivity contribution in [2.24, 2.45) is 0 Å². The molecule has 34 heavy (non-hydrogen) atoms. The third kappa shape index (κ3) is 6.15. The van der Waals surface area contributed by atoms with Crippen LogP contribution in [0.1, 0.15) is 25.5 Å². The van der Waals surface area contributed by atoms with Gasteiger partial charge in [0.05, 0.1) is 10.7 Å². The van der Waals surface area contributed by atoms with Crippen LogP contribution >= 0.6 is 11.6 Å². The Hall–Kier alpha value is -2.47. The summed E-state index contributed by atoms with van der Waals surface area (Å²) in [5, 5.41) is 5.16. The van der Waals surface area contributed by atoms with Gasteiger partial charge in [-0.05, 0) is 19.9 Å². The highest BCUT2D eigenvalue weighted by Gasteiger charge is 2.60. The summed E-state index contributed by atoms with van der Waals surface area (Å²) in [4.78, 5) is 14.7. The van der Waals surface area contributed by atoms with E-state index in [9.17, 15) is 31.1 Å². The van der Waals surface area contributed by atoms with Gasteiger partial charge < -0.3 is 9.64 Å². The molecule has 2 aromatic rings. The van der Waals surface area contributed by atoms with Crippen molar-refractivity contribution in [1.82, 2.24) is 19.6 Å². The lowest BCUT2D eigenvalue weighted by Gasteiger charge is -2.35. The Bertz CT molecular complexity index is 986. The van der Waals surface area contributed by atoms with Crippen LogP contribution in [0.5, 0.6) is 0 Å². The molecule has 0 atom stereocenters. The van der Waals surface area contributed by atoms with E-state index in [4.69, 9.17) is 11.6 Å². The Morgan fingerprint density at radius 1 is 1.06 bits per heavy atom. The van der Waals surface area contributed by atoms with Crippen molar-refractivity contribution >= 4 is 17.7 Å². The van der Waals surface area contributed by atoms with Crippen LogP contribution in [0.4, 0.5) is 31.1 Å². The molecule has 13 heteroatoms. The largest absolute Gasteiger partial charge is 0.434 e. The van der Waals surface area contributed by atoms with Crippen LogP contribution in [-0.2, 0) is 11.3 Å². The van der Waals surface area contributed by atoms with Gasteiger partial charge in [-0.25, -0.2) is 4.79 Å². The number of piperazine rings is 1. The Labute approximate surface area is 197 Å². The smallest absolute Gasteiger partial charge is 0.426 e. The van der Waals surface area contributed by atoms with E-state index in [0.717, 1.165) is 16.0 Å². The van der Waals surface area contributed by atoms with Gasteiger partial charge in [-0.1, -0.05) is 29.8 Å². The van der Waals surface area contributed by atoms with E-state index >= 15 is 0 Å². The summed E-state index contributed by atoms with van der Waals surface area (Å²) >= 11 is 6.34. The summed E-state index contributed by atoms with van der Waals surface area (Å²) in [5.74, 6) is 0. The Morgan fingerprint density at radius 3 is 2.18 bits per heavy atom. The first-order valence-electron chi connectivity index (χ1n) is 10.4. The molecule has 0 N–H and O–H groups in total. The van der Waals surface area contributed by atoms with Crippen LogP contribution in [0, 0.1) is 0 Å².